The van der Waals surface area contributed by atoms with Crippen LogP contribution >= 0.6 is 0 Å². The lowest BCUT2D eigenvalue weighted by atomic mass is 9.91. The first-order valence-corrected chi connectivity index (χ1v) is 13.5. The summed E-state index contributed by atoms with van der Waals surface area (Å²) in [5.41, 5.74) is 2.15. The van der Waals surface area contributed by atoms with Gasteiger partial charge in [-0.15, -0.1) is 0 Å². The van der Waals surface area contributed by atoms with Crippen molar-refractivity contribution in [3.63, 3.8) is 0 Å². The van der Waals surface area contributed by atoms with E-state index in [0.717, 1.165) is 23.2 Å². The Kier molecular flexibility index (Phi) is 17.0. The maximum Gasteiger partial charge on any atom is 0.307 e. The zero-order valence-corrected chi connectivity index (χ0v) is 24.5. The molecular weight excluding hydrogens is 474 g/mol. The Balaban J connectivity index is 0.00000175. The van der Waals surface area contributed by atoms with Crippen molar-refractivity contribution in [1.29, 1.82) is 0 Å². The normalized spacial score (nSPS) is 15.5. The van der Waals surface area contributed by atoms with Gasteiger partial charge in [0.15, 0.2) is 0 Å². The molecule has 0 heterocycles. The Morgan fingerprint density at radius 3 is 2.08 bits per heavy atom. The number of carbonyl (C=O) groups excluding carboxylic acids is 2. The number of carboxylic acid groups (broad SMARTS) is 1. The molecule has 1 aliphatic carbocycles. The Hall–Kier alpha value is -3.47. The fourth-order valence-corrected chi connectivity index (χ4v) is 3.26. The van der Waals surface area contributed by atoms with E-state index in [2.05, 4.69) is 24.4 Å². The quantitative estimate of drug-likeness (QED) is 0.319. The largest absolute Gasteiger partial charge is 0.481 e. The second kappa shape index (κ2) is 18.7. The van der Waals surface area contributed by atoms with Gasteiger partial charge in [-0.05, 0) is 50.0 Å². The zero-order chi connectivity index (χ0) is 29.1. The molecular formula is C33H47NO4. The zero-order valence-electron chi connectivity index (χ0n) is 24.5. The van der Waals surface area contributed by atoms with Gasteiger partial charge in [-0.1, -0.05) is 108 Å². The molecule has 0 saturated heterocycles. The van der Waals surface area contributed by atoms with Crippen molar-refractivity contribution in [1.82, 2.24) is 0 Å². The lowest BCUT2D eigenvalue weighted by Gasteiger charge is -2.17. The van der Waals surface area contributed by atoms with Gasteiger partial charge in [-0.3, -0.25) is 14.4 Å². The lowest BCUT2D eigenvalue weighted by Crippen LogP contribution is -2.27. The van der Waals surface area contributed by atoms with Gasteiger partial charge in [-0.2, -0.15) is 0 Å². The minimum Gasteiger partial charge on any atom is -0.481 e. The molecule has 0 radical (unpaired) electrons. The summed E-state index contributed by atoms with van der Waals surface area (Å²) in [6.45, 7) is 15.6. The van der Waals surface area contributed by atoms with E-state index in [4.69, 9.17) is 0 Å². The molecule has 0 fully saturated rings. The number of rotatable bonds is 9. The average molecular weight is 522 g/mol. The molecule has 2 N–H and O–H groups in total. The molecule has 208 valence electrons. The first-order valence-electron chi connectivity index (χ1n) is 13.5. The Bertz CT molecular complexity index is 1020. The van der Waals surface area contributed by atoms with Gasteiger partial charge in [0.2, 0.25) is 5.91 Å². The van der Waals surface area contributed by atoms with Crippen LogP contribution in [0.1, 0.15) is 80.2 Å². The molecule has 2 unspecified atom stereocenters. The molecule has 1 aromatic rings. The molecule has 2 atom stereocenters. The van der Waals surface area contributed by atoms with E-state index in [-0.39, 0.29) is 18.1 Å². The number of ketones is 1. The van der Waals surface area contributed by atoms with E-state index in [0.29, 0.717) is 6.42 Å². The van der Waals surface area contributed by atoms with Gasteiger partial charge in [0.05, 0.1) is 11.8 Å². The fourth-order valence-electron chi connectivity index (χ4n) is 3.26. The average Bonchev–Trinajstić information content (AvgIpc) is 3.15. The minimum absolute atomic E-state index is 0.00345. The third kappa shape index (κ3) is 13.2. The number of aliphatic carboxylic acids is 1. The first-order chi connectivity index (χ1) is 18.0. The Morgan fingerprint density at radius 2 is 1.61 bits per heavy atom. The van der Waals surface area contributed by atoms with Crippen LogP contribution in [0.15, 0.2) is 78.9 Å². The van der Waals surface area contributed by atoms with Crippen molar-refractivity contribution in [3.05, 3.63) is 84.5 Å². The molecule has 38 heavy (non-hydrogen) atoms. The summed E-state index contributed by atoms with van der Waals surface area (Å²) in [6, 6.07) is 7.54. The van der Waals surface area contributed by atoms with E-state index < -0.39 is 23.2 Å². The van der Waals surface area contributed by atoms with Crippen LogP contribution in [-0.4, -0.2) is 22.8 Å². The van der Waals surface area contributed by atoms with Crippen molar-refractivity contribution in [2.24, 2.45) is 17.3 Å². The number of allylic oxidation sites excluding steroid dienone is 10. The number of amides is 1. The highest BCUT2D eigenvalue weighted by Crippen LogP contribution is 2.25. The van der Waals surface area contributed by atoms with E-state index in [1.165, 1.54) is 0 Å². The number of Topliss-reactive ketones (excluding diaryl/α,β-unsaturated/α-hetero) is 1. The number of carbonyl (C=O) groups is 3. The van der Waals surface area contributed by atoms with Crippen molar-refractivity contribution in [2.75, 3.05) is 5.32 Å². The predicted molar refractivity (Wildman–Crippen MR) is 161 cm³/mol. The van der Waals surface area contributed by atoms with Crippen LogP contribution in [0.3, 0.4) is 0 Å². The van der Waals surface area contributed by atoms with E-state index >= 15 is 0 Å². The molecule has 2 rings (SSSR count). The molecule has 0 aliphatic heterocycles. The topological polar surface area (TPSA) is 83.5 Å². The number of nitrogens with one attached hydrogen (secondary N) is 1. The number of benzene rings is 1. The van der Waals surface area contributed by atoms with Gasteiger partial charge in [-0.25, -0.2) is 0 Å². The van der Waals surface area contributed by atoms with Gasteiger partial charge in [0.1, 0.15) is 5.78 Å². The number of hydrogen-bond donors (Lipinski definition) is 2. The van der Waals surface area contributed by atoms with E-state index in [9.17, 15) is 19.5 Å². The highest BCUT2D eigenvalue weighted by Gasteiger charge is 2.24. The lowest BCUT2D eigenvalue weighted by molar-refractivity contribution is -0.143. The molecule has 0 saturated carbocycles. The summed E-state index contributed by atoms with van der Waals surface area (Å²) in [7, 11) is 0. The first kappa shape index (κ1) is 34.5. The van der Waals surface area contributed by atoms with Crippen LogP contribution in [0.25, 0.3) is 5.57 Å². The van der Waals surface area contributed by atoms with Crippen molar-refractivity contribution in [3.8, 4) is 0 Å². The van der Waals surface area contributed by atoms with Crippen LogP contribution in [0, 0.1) is 17.3 Å². The number of hydrogen-bond acceptors (Lipinski definition) is 3. The van der Waals surface area contributed by atoms with E-state index in [1.807, 2.05) is 97.0 Å². The number of carboxylic acids is 1. The molecule has 0 bridgehead atoms. The maximum absolute atomic E-state index is 12.6. The monoisotopic (exact) mass is 521 g/mol. The summed E-state index contributed by atoms with van der Waals surface area (Å²) >= 11 is 0. The van der Waals surface area contributed by atoms with Crippen molar-refractivity contribution >= 4 is 28.9 Å². The van der Waals surface area contributed by atoms with Crippen LogP contribution < -0.4 is 5.32 Å². The summed E-state index contributed by atoms with van der Waals surface area (Å²) in [5, 5.41) is 12.3. The number of anilines is 1. The van der Waals surface area contributed by atoms with Gasteiger partial charge >= 0.3 is 5.97 Å². The van der Waals surface area contributed by atoms with Gasteiger partial charge in [0.25, 0.3) is 0 Å². The standard InChI is InChI=1S/C26H31NO4.C5H10.C2H6/c1-5-6-8-21(24(29)30)17-23(28)20-10-7-9-18(11-12-20)19-13-15-22(16-14-19)27-25(31)26(2,3)4;1-3-5-4-2;1-2/h5-7,9-16,20-21H,8,17H2,1-4H3,(H,27,31)(H,29,30);3,5H,4H2,1-2H3;1-2H3/b6-5+;5-3-;. The summed E-state index contributed by atoms with van der Waals surface area (Å²) in [5.74, 6) is -2.28. The van der Waals surface area contributed by atoms with Crippen LogP contribution in [0.4, 0.5) is 5.69 Å². The second-order valence-corrected chi connectivity index (χ2v) is 9.66. The van der Waals surface area contributed by atoms with Gasteiger partial charge < -0.3 is 10.4 Å². The van der Waals surface area contributed by atoms with Gasteiger partial charge in [0, 0.05) is 17.5 Å². The molecule has 0 spiro atoms. The molecule has 1 amide bonds. The van der Waals surface area contributed by atoms with Crippen LogP contribution in [0.2, 0.25) is 0 Å². The molecule has 5 heteroatoms. The summed E-state index contributed by atoms with van der Waals surface area (Å²) in [6.07, 6.45) is 18.5. The van der Waals surface area contributed by atoms with E-state index in [1.54, 1.807) is 18.2 Å². The highest BCUT2D eigenvalue weighted by molar-refractivity contribution is 5.95. The van der Waals surface area contributed by atoms with Crippen LogP contribution in [0.5, 0.6) is 0 Å². The second-order valence-electron chi connectivity index (χ2n) is 9.66. The fraction of sp³-hybridized carbons (Fsp3) is 0.424. The Labute approximate surface area is 230 Å². The third-order valence-electron chi connectivity index (χ3n) is 5.53. The summed E-state index contributed by atoms with van der Waals surface area (Å²) in [4.78, 5) is 36.2. The van der Waals surface area contributed by atoms with Crippen molar-refractivity contribution < 1.29 is 19.5 Å². The highest BCUT2D eigenvalue weighted by atomic mass is 16.4. The van der Waals surface area contributed by atoms with Crippen LogP contribution in [-0.2, 0) is 14.4 Å². The molecule has 1 aromatic carbocycles. The summed E-state index contributed by atoms with van der Waals surface area (Å²) < 4.78 is 0. The SMILES string of the molecule is C/C=C/CC(CC(=O)C1C=CC=C(c2ccc(NC(=O)C(C)(C)C)cc2)C=C1)C(=O)O.C/C=C\CC.CC. The molecule has 1 aliphatic rings. The van der Waals surface area contributed by atoms with Crippen molar-refractivity contribution in [2.45, 2.75) is 74.7 Å². The maximum atomic E-state index is 12.6. The third-order valence-corrected chi connectivity index (χ3v) is 5.53. The predicted octanol–water partition coefficient (Wildman–Crippen LogP) is 8.42. The Morgan fingerprint density at radius 1 is 1.00 bits per heavy atom. The smallest absolute Gasteiger partial charge is 0.307 e. The minimum atomic E-state index is -0.953. The molecule has 5 nitrogen and oxygen atoms in total. The molecule has 0 aromatic heterocycles.